The Hall–Kier alpha value is -1.73. The van der Waals surface area contributed by atoms with Gasteiger partial charge in [0.1, 0.15) is 18.3 Å². The summed E-state index contributed by atoms with van der Waals surface area (Å²) < 4.78 is 16.5. The molecule has 1 aliphatic heterocycles. The Morgan fingerprint density at radius 3 is 2.42 bits per heavy atom. The van der Waals surface area contributed by atoms with Gasteiger partial charge in [0.2, 0.25) is 0 Å². The second-order valence-electron chi connectivity index (χ2n) is 6.68. The van der Waals surface area contributed by atoms with Gasteiger partial charge in [-0.15, -0.1) is 0 Å². The number of nitrogens with zero attached hydrogens (tertiary/aromatic N) is 1. The molecule has 130 valence electrons. The third-order valence-corrected chi connectivity index (χ3v) is 4.25. The predicted octanol–water partition coefficient (Wildman–Crippen LogP) is 2.50. The number of aryl methyl sites for hydroxylation is 2. The van der Waals surface area contributed by atoms with Gasteiger partial charge in [0.15, 0.2) is 11.5 Å². The molecule has 0 unspecified atom stereocenters. The van der Waals surface area contributed by atoms with Crippen molar-refractivity contribution < 1.29 is 24.2 Å². The summed E-state index contributed by atoms with van der Waals surface area (Å²) in [6.45, 7) is 7.49. The first kappa shape index (κ1) is 17.1. The summed E-state index contributed by atoms with van der Waals surface area (Å²) >= 11 is 0. The van der Waals surface area contributed by atoms with Crippen molar-refractivity contribution >= 4 is 0 Å². The van der Waals surface area contributed by atoms with Gasteiger partial charge in [0.05, 0.1) is 17.9 Å². The van der Waals surface area contributed by atoms with Gasteiger partial charge in [-0.3, -0.25) is 0 Å². The van der Waals surface area contributed by atoms with Crippen molar-refractivity contribution in [2.24, 2.45) is 0 Å². The SMILES string of the molecule is Cc1ccc(-c2onc(C)c2[C@H](O)[C@H](O)[C@H]2COC(C)(C)O2)cc1. The number of aliphatic hydroxyl groups is 2. The van der Waals surface area contributed by atoms with E-state index in [-0.39, 0.29) is 6.61 Å². The molecule has 0 saturated carbocycles. The number of hydrogen-bond acceptors (Lipinski definition) is 6. The van der Waals surface area contributed by atoms with E-state index in [9.17, 15) is 10.2 Å². The lowest BCUT2D eigenvalue weighted by Crippen LogP contribution is -2.35. The standard InChI is InChI=1S/C18H23NO5/c1-10-5-7-12(8-6-10)17-14(11(2)19-24-17)16(21)15(20)13-9-22-18(3,4)23-13/h5-8,13,15-16,20-21H,9H2,1-4H3/t13-,15-,16+/m1/s1. The number of rotatable bonds is 4. The molecule has 24 heavy (non-hydrogen) atoms. The van der Waals surface area contributed by atoms with Crippen molar-refractivity contribution in [3.8, 4) is 11.3 Å². The Morgan fingerprint density at radius 1 is 1.17 bits per heavy atom. The van der Waals surface area contributed by atoms with E-state index in [0.29, 0.717) is 17.0 Å². The molecule has 0 bridgehead atoms. The van der Waals surface area contributed by atoms with Crippen LogP contribution in [0.2, 0.25) is 0 Å². The lowest BCUT2D eigenvalue weighted by Gasteiger charge is -2.24. The average molecular weight is 333 g/mol. The highest BCUT2D eigenvalue weighted by Gasteiger charge is 2.41. The van der Waals surface area contributed by atoms with Gasteiger partial charge < -0.3 is 24.2 Å². The number of ether oxygens (including phenoxy) is 2. The highest BCUT2D eigenvalue weighted by Crippen LogP contribution is 2.35. The van der Waals surface area contributed by atoms with E-state index in [1.807, 2.05) is 31.2 Å². The molecule has 2 heterocycles. The van der Waals surface area contributed by atoms with Crippen LogP contribution < -0.4 is 0 Å². The lowest BCUT2D eigenvalue weighted by atomic mass is 9.96. The van der Waals surface area contributed by atoms with Gasteiger partial charge in [0, 0.05) is 5.56 Å². The fourth-order valence-corrected chi connectivity index (χ4v) is 2.90. The van der Waals surface area contributed by atoms with E-state index in [0.717, 1.165) is 11.1 Å². The van der Waals surface area contributed by atoms with Crippen molar-refractivity contribution in [2.75, 3.05) is 6.61 Å². The van der Waals surface area contributed by atoms with Crippen molar-refractivity contribution in [3.05, 3.63) is 41.1 Å². The lowest BCUT2D eigenvalue weighted by molar-refractivity contribution is -0.160. The molecule has 1 aromatic heterocycles. The fraction of sp³-hybridized carbons (Fsp3) is 0.500. The average Bonchev–Trinajstić information content (AvgIpc) is 3.09. The maximum absolute atomic E-state index is 10.7. The zero-order chi connectivity index (χ0) is 17.5. The molecule has 3 atom stereocenters. The largest absolute Gasteiger partial charge is 0.387 e. The third kappa shape index (κ3) is 3.23. The molecule has 1 fully saturated rings. The molecule has 1 aromatic carbocycles. The predicted molar refractivity (Wildman–Crippen MR) is 87.3 cm³/mol. The van der Waals surface area contributed by atoms with Crippen LogP contribution in [0.1, 0.15) is 36.8 Å². The molecule has 6 heteroatoms. The summed E-state index contributed by atoms with van der Waals surface area (Å²) in [7, 11) is 0. The molecular formula is C18H23NO5. The highest BCUT2D eigenvalue weighted by molar-refractivity contribution is 5.63. The summed E-state index contributed by atoms with van der Waals surface area (Å²) in [4.78, 5) is 0. The zero-order valence-electron chi connectivity index (χ0n) is 14.3. The van der Waals surface area contributed by atoms with Crippen LogP contribution in [0.4, 0.5) is 0 Å². The van der Waals surface area contributed by atoms with E-state index in [2.05, 4.69) is 5.16 Å². The Morgan fingerprint density at radius 2 is 1.83 bits per heavy atom. The maximum Gasteiger partial charge on any atom is 0.173 e. The van der Waals surface area contributed by atoms with E-state index < -0.39 is 24.1 Å². The third-order valence-electron chi connectivity index (χ3n) is 4.25. The minimum absolute atomic E-state index is 0.218. The molecule has 0 radical (unpaired) electrons. The monoisotopic (exact) mass is 333 g/mol. The molecular weight excluding hydrogens is 310 g/mol. The minimum atomic E-state index is -1.19. The van der Waals surface area contributed by atoms with Crippen LogP contribution in [0.15, 0.2) is 28.8 Å². The first-order valence-corrected chi connectivity index (χ1v) is 7.99. The van der Waals surface area contributed by atoms with Crippen LogP contribution in [0.3, 0.4) is 0 Å². The highest BCUT2D eigenvalue weighted by atomic mass is 16.7. The zero-order valence-corrected chi connectivity index (χ0v) is 14.3. The van der Waals surface area contributed by atoms with Gasteiger partial charge in [-0.05, 0) is 27.7 Å². The first-order chi connectivity index (χ1) is 11.3. The molecule has 2 N–H and O–H groups in total. The normalized spacial score (nSPS) is 22.5. The molecule has 0 aliphatic carbocycles. The summed E-state index contributed by atoms with van der Waals surface area (Å²) in [6, 6.07) is 7.71. The second-order valence-corrected chi connectivity index (χ2v) is 6.68. The van der Waals surface area contributed by atoms with Crippen LogP contribution in [-0.4, -0.2) is 40.0 Å². The second kappa shape index (κ2) is 6.29. The molecule has 1 saturated heterocycles. The van der Waals surface area contributed by atoms with Crippen molar-refractivity contribution in [3.63, 3.8) is 0 Å². The van der Waals surface area contributed by atoms with Crippen LogP contribution in [0.25, 0.3) is 11.3 Å². The Bertz CT molecular complexity index is 707. The Kier molecular flexibility index (Phi) is 4.48. The van der Waals surface area contributed by atoms with Crippen molar-refractivity contribution in [1.82, 2.24) is 5.16 Å². The Labute approximate surface area is 141 Å². The Balaban J connectivity index is 1.89. The van der Waals surface area contributed by atoms with Gasteiger partial charge in [-0.25, -0.2) is 0 Å². The number of hydrogen-bond donors (Lipinski definition) is 2. The number of aliphatic hydroxyl groups excluding tert-OH is 2. The minimum Gasteiger partial charge on any atom is -0.387 e. The van der Waals surface area contributed by atoms with Crippen LogP contribution in [-0.2, 0) is 9.47 Å². The molecule has 3 rings (SSSR count). The summed E-state index contributed by atoms with van der Waals surface area (Å²) in [5, 5.41) is 25.2. The topological polar surface area (TPSA) is 85.0 Å². The van der Waals surface area contributed by atoms with Gasteiger partial charge in [-0.2, -0.15) is 0 Å². The summed E-state index contributed by atoms with van der Waals surface area (Å²) in [5.74, 6) is -0.313. The summed E-state index contributed by atoms with van der Waals surface area (Å²) in [6.07, 6.45) is -2.95. The number of benzene rings is 1. The van der Waals surface area contributed by atoms with Gasteiger partial charge in [-0.1, -0.05) is 35.0 Å². The molecule has 0 amide bonds. The van der Waals surface area contributed by atoms with Crippen molar-refractivity contribution in [1.29, 1.82) is 0 Å². The summed E-state index contributed by atoms with van der Waals surface area (Å²) in [5.41, 5.74) is 2.93. The van der Waals surface area contributed by atoms with Gasteiger partial charge in [0.25, 0.3) is 0 Å². The first-order valence-electron chi connectivity index (χ1n) is 7.99. The molecule has 2 aromatic rings. The van der Waals surface area contributed by atoms with E-state index in [1.165, 1.54) is 0 Å². The van der Waals surface area contributed by atoms with Crippen LogP contribution in [0.5, 0.6) is 0 Å². The van der Waals surface area contributed by atoms with Crippen molar-refractivity contribution in [2.45, 2.75) is 51.8 Å². The maximum atomic E-state index is 10.7. The van der Waals surface area contributed by atoms with Crippen LogP contribution >= 0.6 is 0 Å². The fourth-order valence-electron chi connectivity index (χ4n) is 2.90. The number of aromatic nitrogens is 1. The van der Waals surface area contributed by atoms with E-state index in [1.54, 1.807) is 20.8 Å². The molecule has 6 nitrogen and oxygen atoms in total. The van der Waals surface area contributed by atoms with E-state index >= 15 is 0 Å². The molecule has 1 aliphatic rings. The molecule has 0 spiro atoms. The van der Waals surface area contributed by atoms with E-state index in [4.69, 9.17) is 14.0 Å². The smallest absolute Gasteiger partial charge is 0.173 e. The van der Waals surface area contributed by atoms with Crippen LogP contribution in [0, 0.1) is 13.8 Å². The van der Waals surface area contributed by atoms with Gasteiger partial charge >= 0.3 is 0 Å². The quantitative estimate of drug-likeness (QED) is 0.894.